The predicted octanol–water partition coefficient (Wildman–Crippen LogP) is 2.38. The van der Waals surface area contributed by atoms with Gasteiger partial charge in [0.25, 0.3) is 0 Å². The fraction of sp³-hybridized carbons (Fsp3) is 0.889. The van der Waals surface area contributed by atoms with Gasteiger partial charge in [0.2, 0.25) is 0 Å². The average Bonchev–Trinajstić information content (AvgIpc) is 2.06. The molecule has 0 amide bonds. The van der Waals surface area contributed by atoms with Crippen LogP contribution in [0.15, 0.2) is 0 Å². The predicted molar refractivity (Wildman–Crippen MR) is 51.5 cm³/mol. The van der Waals surface area contributed by atoms with Crippen LogP contribution in [0.25, 0.3) is 0 Å². The van der Waals surface area contributed by atoms with Crippen LogP contribution in [0.3, 0.4) is 0 Å². The van der Waals surface area contributed by atoms with Crippen molar-refractivity contribution in [2.45, 2.75) is 37.9 Å². The topological polar surface area (TPSA) is 37.3 Å². The molecule has 0 unspecified atom stereocenters. The van der Waals surface area contributed by atoms with Crippen LogP contribution in [0.2, 0.25) is 0 Å². The number of carboxylic acids is 1. The zero-order valence-corrected chi connectivity index (χ0v) is 8.27. The molecule has 1 aliphatic rings. The molecular weight excluding hydrogens is 172 g/mol. The minimum absolute atomic E-state index is 0.0568. The third-order valence-corrected chi connectivity index (χ3v) is 3.70. The molecule has 0 aromatic carbocycles. The Bertz CT molecular complexity index is 151. The summed E-state index contributed by atoms with van der Waals surface area (Å²) in [5.41, 5.74) is 0. The van der Waals surface area contributed by atoms with Crippen LogP contribution in [-0.2, 0) is 4.79 Å². The third-order valence-electron chi connectivity index (χ3n) is 2.43. The summed E-state index contributed by atoms with van der Waals surface area (Å²) >= 11 is 1.97. The lowest BCUT2D eigenvalue weighted by Crippen LogP contribution is -2.22. The first-order valence-corrected chi connectivity index (χ1v) is 5.63. The van der Waals surface area contributed by atoms with Crippen LogP contribution in [0.5, 0.6) is 0 Å². The van der Waals surface area contributed by atoms with Crippen LogP contribution in [0, 0.1) is 5.92 Å². The van der Waals surface area contributed by atoms with E-state index in [-0.39, 0.29) is 5.92 Å². The molecule has 1 rings (SSSR count). The molecule has 1 fully saturated rings. The molecule has 0 spiro atoms. The molecule has 0 radical (unpaired) electrons. The van der Waals surface area contributed by atoms with Crippen molar-refractivity contribution in [1.29, 1.82) is 0 Å². The molecule has 12 heavy (non-hydrogen) atoms. The molecule has 0 saturated heterocycles. The van der Waals surface area contributed by atoms with Gasteiger partial charge in [-0.05, 0) is 31.4 Å². The van der Waals surface area contributed by atoms with Crippen molar-refractivity contribution in [2.24, 2.45) is 5.92 Å². The Labute approximate surface area is 77.7 Å². The Morgan fingerprint density at radius 1 is 1.42 bits per heavy atom. The van der Waals surface area contributed by atoms with Gasteiger partial charge in [0, 0.05) is 5.25 Å². The lowest BCUT2D eigenvalue weighted by Gasteiger charge is -2.25. The molecule has 3 heteroatoms. The van der Waals surface area contributed by atoms with Gasteiger partial charge in [0.05, 0.1) is 5.92 Å². The summed E-state index contributed by atoms with van der Waals surface area (Å²) < 4.78 is 0. The molecule has 0 atom stereocenters. The van der Waals surface area contributed by atoms with Gasteiger partial charge < -0.3 is 5.11 Å². The Balaban J connectivity index is 2.25. The second kappa shape index (κ2) is 4.75. The van der Waals surface area contributed by atoms with E-state index in [0.717, 1.165) is 36.7 Å². The van der Waals surface area contributed by atoms with Gasteiger partial charge in [0.1, 0.15) is 0 Å². The van der Waals surface area contributed by atoms with Crippen molar-refractivity contribution < 1.29 is 9.90 Å². The Morgan fingerprint density at radius 2 is 2.00 bits per heavy atom. The minimum atomic E-state index is -0.602. The van der Waals surface area contributed by atoms with Gasteiger partial charge in [-0.2, -0.15) is 11.8 Å². The monoisotopic (exact) mass is 188 g/mol. The fourth-order valence-corrected chi connectivity index (χ4v) is 2.79. The Kier molecular flexibility index (Phi) is 3.92. The molecule has 1 aliphatic carbocycles. The fourth-order valence-electron chi connectivity index (χ4n) is 1.71. The van der Waals surface area contributed by atoms with E-state index in [1.54, 1.807) is 0 Å². The van der Waals surface area contributed by atoms with Crippen molar-refractivity contribution in [1.82, 2.24) is 0 Å². The number of thioether (sulfide) groups is 1. The highest BCUT2D eigenvalue weighted by Crippen LogP contribution is 2.31. The van der Waals surface area contributed by atoms with Crippen molar-refractivity contribution in [2.75, 3.05) is 5.75 Å². The number of carbonyl (C=O) groups is 1. The molecule has 0 aromatic rings. The minimum Gasteiger partial charge on any atom is -0.481 e. The van der Waals surface area contributed by atoms with E-state index in [1.807, 2.05) is 11.8 Å². The van der Waals surface area contributed by atoms with Gasteiger partial charge in [-0.3, -0.25) is 4.79 Å². The lowest BCUT2D eigenvalue weighted by atomic mass is 9.89. The zero-order chi connectivity index (χ0) is 8.97. The van der Waals surface area contributed by atoms with Crippen LogP contribution in [0.1, 0.15) is 32.6 Å². The number of carboxylic acid groups (broad SMARTS) is 1. The number of hydrogen-bond acceptors (Lipinski definition) is 2. The van der Waals surface area contributed by atoms with E-state index in [9.17, 15) is 4.79 Å². The van der Waals surface area contributed by atoms with E-state index in [2.05, 4.69) is 6.92 Å². The van der Waals surface area contributed by atoms with Gasteiger partial charge >= 0.3 is 5.97 Å². The summed E-state index contributed by atoms with van der Waals surface area (Å²) in [4.78, 5) is 10.6. The van der Waals surface area contributed by atoms with Crippen LogP contribution < -0.4 is 0 Å². The molecule has 1 saturated carbocycles. The van der Waals surface area contributed by atoms with E-state index in [0.29, 0.717) is 0 Å². The summed E-state index contributed by atoms with van der Waals surface area (Å²) in [5, 5.41) is 9.48. The maximum atomic E-state index is 10.6. The Morgan fingerprint density at radius 3 is 2.42 bits per heavy atom. The number of rotatable bonds is 3. The van der Waals surface area contributed by atoms with Crippen LogP contribution in [0.4, 0.5) is 0 Å². The highest BCUT2D eigenvalue weighted by molar-refractivity contribution is 7.99. The first kappa shape index (κ1) is 9.90. The van der Waals surface area contributed by atoms with Crippen LogP contribution in [-0.4, -0.2) is 22.1 Å². The van der Waals surface area contributed by atoms with Gasteiger partial charge in [-0.1, -0.05) is 6.92 Å². The number of hydrogen-bond donors (Lipinski definition) is 1. The third kappa shape index (κ3) is 2.70. The molecule has 70 valence electrons. The highest BCUT2D eigenvalue weighted by atomic mass is 32.2. The van der Waals surface area contributed by atoms with E-state index in [4.69, 9.17) is 5.11 Å². The number of aliphatic carboxylic acids is 1. The smallest absolute Gasteiger partial charge is 0.306 e. The standard InChI is InChI=1S/C9H16O2S/c1-2-12-8-5-3-7(4-6-8)9(10)11/h7-8H,2-6H2,1H3,(H,10,11). The second-order valence-electron chi connectivity index (χ2n) is 3.27. The first-order valence-electron chi connectivity index (χ1n) is 4.58. The summed E-state index contributed by atoms with van der Waals surface area (Å²) in [5.74, 6) is 0.497. The van der Waals surface area contributed by atoms with Crippen LogP contribution >= 0.6 is 11.8 Å². The van der Waals surface area contributed by atoms with Gasteiger partial charge in [0.15, 0.2) is 0 Å². The van der Waals surface area contributed by atoms with Crippen molar-refractivity contribution >= 4 is 17.7 Å². The molecule has 0 aromatic heterocycles. The molecule has 0 heterocycles. The SMILES string of the molecule is CCSC1CCC(C(=O)O)CC1. The molecule has 1 N–H and O–H groups in total. The van der Waals surface area contributed by atoms with E-state index in [1.165, 1.54) is 0 Å². The van der Waals surface area contributed by atoms with E-state index < -0.39 is 5.97 Å². The van der Waals surface area contributed by atoms with Crippen molar-refractivity contribution in [3.63, 3.8) is 0 Å². The molecule has 0 bridgehead atoms. The summed E-state index contributed by atoms with van der Waals surface area (Å²) in [6, 6.07) is 0. The zero-order valence-electron chi connectivity index (χ0n) is 7.45. The first-order chi connectivity index (χ1) is 5.74. The quantitative estimate of drug-likeness (QED) is 0.739. The van der Waals surface area contributed by atoms with Gasteiger partial charge in [-0.25, -0.2) is 0 Å². The summed E-state index contributed by atoms with van der Waals surface area (Å²) in [7, 11) is 0. The van der Waals surface area contributed by atoms with E-state index >= 15 is 0 Å². The summed E-state index contributed by atoms with van der Waals surface area (Å²) in [6.45, 7) is 2.16. The second-order valence-corrected chi connectivity index (χ2v) is 4.84. The van der Waals surface area contributed by atoms with Gasteiger partial charge in [-0.15, -0.1) is 0 Å². The molecule has 0 aliphatic heterocycles. The highest BCUT2D eigenvalue weighted by Gasteiger charge is 2.25. The summed E-state index contributed by atoms with van der Waals surface area (Å²) in [6.07, 6.45) is 3.95. The van der Waals surface area contributed by atoms with Crippen molar-refractivity contribution in [3.8, 4) is 0 Å². The maximum Gasteiger partial charge on any atom is 0.306 e. The Hall–Kier alpha value is -0.180. The average molecular weight is 188 g/mol. The normalized spacial score (nSPS) is 30.1. The molecule has 2 nitrogen and oxygen atoms in total. The lowest BCUT2D eigenvalue weighted by molar-refractivity contribution is -0.142. The van der Waals surface area contributed by atoms with Crippen molar-refractivity contribution in [3.05, 3.63) is 0 Å². The molecular formula is C9H16O2S. The largest absolute Gasteiger partial charge is 0.481 e. The maximum absolute atomic E-state index is 10.6.